The molecule has 39 heavy (non-hydrogen) atoms. The molecule has 206 valence electrons. The number of halogens is 5. The largest absolute Gasteiger partial charge is 0.481 e. The molecule has 9 nitrogen and oxygen atoms in total. The number of ketones is 2. The number of amides is 1. The van der Waals surface area contributed by atoms with Crippen LogP contribution < -0.4 is 10.1 Å². The van der Waals surface area contributed by atoms with E-state index < -0.39 is 83.9 Å². The third-order valence-corrected chi connectivity index (χ3v) is 5.59. The molecule has 1 amide bonds. The fourth-order valence-corrected chi connectivity index (χ4v) is 3.51. The molecule has 0 fully saturated rings. The van der Waals surface area contributed by atoms with E-state index in [4.69, 9.17) is 21.2 Å². The molecule has 2 aromatic carbocycles. The number of benzene rings is 2. The van der Waals surface area contributed by atoms with Gasteiger partial charge in [-0.15, -0.1) is 0 Å². The molecule has 14 heteroatoms. The van der Waals surface area contributed by atoms with Gasteiger partial charge in [-0.2, -0.15) is 8.78 Å². The average Bonchev–Trinajstić information content (AvgIpc) is 3.37. The fraction of sp³-hybridized carbons (Fsp3) is 0.240. The zero-order chi connectivity index (χ0) is 28.9. The van der Waals surface area contributed by atoms with Gasteiger partial charge in [0.2, 0.25) is 17.5 Å². The topological polar surface area (TPSA) is 136 Å². The highest BCUT2D eigenvalue weighted by molar-refractivity contribution is 6.30. The summed E-state index contributed by atoms with van der Waals surface area (Å²) in [6.45, 7) is 0.0950. The van der Waals surface area contributed by atoms with Crippen molar-refractivity contribution in [3.05, 3.63) is 70.4 Å². The third kappa shape index (κ3) is 7.41. The first kappa shape index (κ1) is 29.3. The summed E-state index contributed by atoms with van der Waals surface area (Å²) in [4.78, 5) is 48.9. The number of carbonyl (C=O) groups excluding carboxylic acids is 3. The molecule has 0 saturated heterocycles. The van der Waals surface area contributed by atoms with Crippen molar-refractivity contribution in [1.82, 2.24) is 10.5 Å². The lowest BCUT2D eigenvalue weighted by Gasteiger charge is -2.19. The summed E-state index contributed by atoms with van der Waals surface area (Å²) in [5.74, 6) is -13.9. The van der Waals surface area contributed by atoms with E-state index in [2.05, 4.69) is 15.2 Å². The van der Waals surface area contributed by atoms with Gasteiger partial charge >= 0.3 is 5.97 Å². The molecular formula is C25H19ClF4N2O7. The van der Waals surface area contributed by atoms with Crippen molar-refractivity contribution in [2.24, 2.45) is 5.92 Å². The molecule has 0 spiro atoms. The van der Waals surface area contributed by atoms with Crippen LogP contribution in [0.25, 0.3) is 11.3 Å². The second kappa shape index (κ2) is 12.5. The van der Waals surface area contributed by atoms with Gasteiger partial charge in [0, 0.05) is 35.1 Å². The smallest absolute Gasteiger partial charge is 0.305 e. The van der Waals surface area contributed by atoms with Crippen LogP contribution in [0.3, 0.4) is 0 Å². The van der Waals surface area contributed by atoms with E-state index in [1.165, 1.54) is 13.0 Å². The molecule has 3 aromatic rings. The summed E-state index contributed by atoms with van der Waals surface area (Å²) < 4.78 is 63.9. The van der Waals surface area contributed by atoms with Crippen LogP contribution in [0.4, 0.5) is 17.6 Å². The van der Waals surface area contributed by atoms with Crippen molar-refractivity contribution >= 4 is 35.0 Å². The van der Waals surface area contributed by atoms with Crippen molar-refractivity contribution in [3.8, 4) is 17.1 Å². The van der Waals surface area contributed by atoms with E-state index in [9.17, 15) is 36.7 Å². The number of aliphatic carboxylic acids is 1. The van der Waals surface area contributed by atoms with Gasteiger partial charge in [0.15, 0.2) is 34.7 Å². The van der Waals surface area contributed by atoms with Gasteiger partial charge in [-0.3, -0.25) is 19.2 Å². The zero-order valence-corrected chi connectivity index (χ0v) is 20.7. The summed E-state index contributed by atoms with van der Waals surface area (Å²) in [7, 11) is 0. The lowest BCUT2D eigenvalue weighted by atomic mass is 10.00. The van der Waals surface area contributed by atoms with Crippen LogP contribution in [0.2, 0.25) is 5.02 Å². The predicted octanol–water partition coefficient (Wildman–Crippen LogP) is 4.37. The molecule has 3 rings (SSSR count). The zero-order valence-electron chi connectivity index (χ0n) is 20.0. The number of carboxylic acids is 1. The molecule has 0 aliphatic rings. The van der Waals surface area contributed by atoms with Crippen molar-refractivity contribution < 1.29 is 51.1 Å². The molecule has 0 saturated carbocycles. The van der Waals surface area contributed by atoms with Gasteiger partial charge in [0.25, 0.3) is 0 Å². The monoisotopic (exact) mass is 570 g/mol. The highest BCUT2D eigenvalue weighted by atomic mass is 35.5. The lowest BCUT2D eigenvalue weighted by molar-refractivity contribution is -0.140. The molecule has 0 unspecified atom stereocenters. The lowest BCUT2D eigenvalue weighted by Crippen LogP contribution is -2.46. The van der Waals surface area contributed by atoms with E-state index in [1.807, 2.05) is 0 Å². The van der Waals surface area contributed by atoms with Gasteiger partial charge in [-0.1, -0.05) is 35.8 Å². The molecule has 0 bridgehead atoms. The van der Waals surface area contributed by atoms with Gasteiger partial charge in [-0.05, 0) is 12.1 Å². The number of ether oxygens (including phenoxy) is 1. The number of nitrogens with one attached hydrogen (secondary N) is 1. The van der Waals surface area contributed by atoms with E-state index in [0.717, 1.165) is 0 Å². The fourth-order valence-electron chi connectivity index (χ4n) is 3.32. The first-order chi connectivity index (χ1) is 18.4. The first-order valence-electron chi connectivity index (χ1n) is 11.1. The van der Waals surface area contributed by atoms with Crippen molar-refractivity contribution in [3.63, 3.8) is 0 Å². The highest BCUT2D eigenvalue weighted by Crippen LogP contribution is 2.27. The Labute approximate surface area is 222 Å². The molecule has 1 heterocycles. The minimum absolute atomic E-state index is 0.0629. The number of nitrogens with zero attached hydrogens (tertiary/aromatic N) is 1. The summed E-state index contributed by atoms with van der Waals surface area (Å²) >= 11 is 5.93. The maximum absolute atomic E-state index is 13.8. The minimum Gasteiger partial charge on any atom is -0.481 e. The molecule has 2 N–H and O–H groups in total. The Kier molecular flexibility index (Phi) is 9.41. The van der Waals surface area contributed by atoms with Crippen LogP contribution in [0.5, 0.6) is 5.75 Å². The highest BCUT2D eigenvalue weighted by Gasteiger charge is 2.29. The SMILES string of the molecule is C[C@H](CC(=O)c1cc(-c2cccc(Cl)c2)on1)C(=O)N[C@@H](CC(=O)O)C(=O)COc1c(F)c(F)cc(F)c1F. The molecule has 0 aliphatic heterocycles. The third-order valence-electron chi connectivity index (χ3n) is 5.36. The molecular weight excluding hydrogens is 552 g/mol. The van der Waals surface area contributed by atoms with Crippen LogP contribution in [-0.4, -0.2) is 46.4 Å². The van der Waals surface area contributed by atoms with Crippen LogP contribution >= 0.6 is 11.6 Å². The molecule has 0 radical (unpaired) electrons. The van der Waals surface area contributed by atoms with E-state index in [-0.39, 0.29) is 17.5 Å². The number of aromatic nitrogens is 1. The minimum atomic E-state index is -1.90. The number of hydrogen-bond acceptors (Lipinski definition) is 7. The Morgan fingerprint density at radius 1 is 1.05 bits per heavy atom. The van der Waals surface area contributed by atoms with Gasteiger partial charge < -0.3 is 19.7 Å². The molecule has 0 aliphatic carbocycles. The second-order valence-corrected chi connectivity index (χ2v) is 8.76. The summed E-state index contributed by atoms with van der Waals surface area (Å²) in [5.41, 5.74) is 0.459. The Morgan fingerprint density at radius 3 is 2.33 bits per heavy atom. The normalized spacial score (nSPS) is 12.5. The summed E-state index contributed by atoms with van der Waals surface area (Å²) in [5, 5.41) is 15.3. The van der Waals surface area contributed by atoms with E-state index >= 15 is 0 Å². The van der Waals surface area contributed by atoms with Crippen LogP contribution in [0, 0.1) is 29.2 Å². The quantitative estimate of drug-likeness (QED) is 0.186. The maximum Gasteiger partial charge on any atom is 0.305 e. The van der Waals surface area contributed by atoms with Gasteiger partial charge in [0.05, 0.1) is 6.42 Å². The standard InChI is InChI=1S/C25H19ClF4N2O7/c1-11(5-18(33)17-8-20(39-32-17)12-3-2-4-13(26)6-12)25(37)31-16(9-21(35)36)19(34)10-38-24-22(29)14(27)7-15(28)23(24)30/h2-4,6-8,11,16H,5,9-10H2,1H3,(H,31,37)(H,35,36)/t11-,16+/m1/s1. The van der Waals surface area contributed by atoms with Gasteiger partial charge in [0.1, 0.15) is 18.3 Å². The van der Waals surface area contributed by atoms with E-state index in [1.54, 1.807) is 24.3 Å². The summed E-state index contributed by atoms with van der Waals surface area (Å²) in [6.07, 6.45) is -1.36. The maximum atomic E-state index is 13.8. The Balaban J connectivity index is 1.64. The van der Waals surface area contributed by atoms with Crippen molar-refractivity contribution in [2.45, 2.75) is 25.8 Å². The molecule has 1 aromatic heterocycles. The molecule has 2 atom stereocenters. The predicted molar refractivity (Wildman–Crippen MR) is 126 cm³/mol. The number of carboxylic acid groups (broad SMARTS) is 1. The summed E-state index contributed by atoms with van der Waals surface area (Å²) in [6, 6.07) is 6.10. The number of hydrogen-bond donors (Lipinski definition) is 2. The number of rotatable bonds is 12. The Hall–Kier alpha value is -4.26. The Morgan fingerprint density at radius 2 is 1.72 bits per heavy atom. The van der Waals surface area contributed by atoms with Crippen molar-refractivity contribution in [2.75, 3.05) is 6.61 Å². The average molecular weight is 571 g/mol. The van der Waals surface area contributed by atoms with Crippen LogP contribution in [-0.2, 0) is 14.4 Å². The van der Waals surface area contributed by atoms with Crippen LogP contribution in [0.1, 0.15) is 30.3 Å². The number of Topliss-reactive ketones (excluding diaryl/α,β-unsaturated/α-hetero) is 2. The van der Waals surface area contributed by atoms with Crippen molar-refractivity contribution in [1.29, 1.82) is 0 Å². The Bertz CT molecular complexity index is 1400. The van der Waals surface area contributed by atoms with Crippen LogP contribution in [0.15, 0.2) is 40.9 Å². The van der Waals surface area contributed by atoms with Gasteiger partial charge in [-0.25, -0.2) is 8.78 Å². The number of carbonyl (C=O) groups is 4. The first-order valence-corrected chi connectivity index (χ1v) is 11.5. The second-order valence-electron chi connectivity index (χ2n) is 8.33. The van der Waals surface area contributed by atoms with E-state index in [0.29, 0.717) is 10.6 Å².